The Labute approximate surface area is 81.9 Å². The molecular weight excluding hydrogens is 180 g/mol. The Hall–Kier alpha value is -1.43. The van der Waals surface area contributed by atoms with Gasteiger partial charge in [-0.15, -0.1) is 0 Å². The van der Waals surface area contributed by atoms with Crippen molar-refractivity contribution in [3.05, 3.63) is 29.8 Å². The van der Waals surface area contributed by atoms with E-state index in [4.69, 9.17) is 16.0 Å². The van der Waals surface area contributed by atoms with Crippen molar-refractivity contribution < 1.29 is 4.74 Å². The van der Waals surface area contributed by atoms with Crippen molar-refractivity contribution in [3.8, 4) is 0 Å². The van der Waals surface area contributed by atoms with Crippen molar-refractivity contribution in [2.24, 2.45) is 5.84 Å². The van der Waals surface area contributed by atoms with Crippen LogP contribution in [0.15, 0.2) is 24.3 Å². The molecule has 1 fully saturated rings. The lowest BCUT2D eigenvalue weighted by molar-refractivity contribution is 0.415. The van der Waals surface area contributed by atoms with Gasteiger partial charge in [0.15, 0.2) is 0 Å². The average Bonchev–Trinajstić information content (AvgIpc) is 3.03. The van der Waals surface area contributed by atoms with Gasteiger partial charge in [0.1, 0.15) is 12.4 Å². The second-order valence-corrected chi connectivity index (χ2v) is 3.05. The predicted molar refractivity (Wildman–Crippen MR) is 53.7 cm³/mol. The topological polar surface area (TPSA) is 77.7 Å². The van der Waals surface area contributed by atoms with Gasteiger partial charge in [-0.25, -0.2) is 0 Å². The molecule has 4 N–H and O–H groups in total. The van der Waals surface area contributed by atoms with E-state index in [-0.39, 0.29) is 6.10 Å². The minimum atomic E-state index is 0.223. The van der Waals surface area contributed by atoms with Crippen LogP contribution in [-0.4, -0.2) is 12.9 Å². The Morgan fingerprint density at radius 1 is 1.64 bits per heavy atom. The highest BCUT2D eigenvalue weighted by Gasteiger charge is 2.24. The van der Waals surface area contributed by atoms with Crippen molar-refractivity contribution in [1.82, 2.24) is 5.53 Å². The first-order valence-corrected chi connectivity index (χ1v) is 4.33. The summed E-state index contributed by atoms with van der Waals surface area (Å²) in [6.07, 6.45) is 1.34. The molecule has 0 unspecified atom stereocenters. The molecule has 0 aromatic heterocycles. The van der Waals surface area contributed by atoms with E-state index in [0.717, 1.165) is 24.2 Å². The summed E-state index contributed by atoms with van der Waals surface area (Å²) < 4.78 is 5.17. The van der Waals surface area contributed by atoms with Crippen molar-refractivity contribution in [3.63, 3.8) is 0 Å². The SMILES string of the molecule is N=CN(NN)c1cccc([C@H]2CO2)c1. The third kappa shape index (κ3) is 1.74. The van der Waals surface area contributed by atoms with E-state index in [1.54, 1.807) is 0 Å². The maximum Gasteiger partial charge on any atom is 0.106 e. The number of nitrogens with one attached hydrogen (secondary N) is 2. The summed E-state index contributed by atoms with van der Waals surface area (Å²) in [7, 11) is 0. The Morgan fingerprint density at radius 2 is 2.43 bits per heavy atom. The van der Waals surface area contributed by atoms with Crippen molar-refractivity contribution in [1.29, 1.82) is 5.41 Å². The fraction of sp³-hybridized carbons (Fsp3) is 0.222. The highest BCUT2D eigenvalue weighted by atomic mass is 16.6. The monoisotopic (exact) mass is 192 g/mol. The smallest absolute Gasteiger partial charge is 0.106 e. The van der Waals surface area contributed by atoms with Crippen LogP contribution in [0, 0.1) is 5.41 Å². The van der Waals surface area contributed by atoms with Gasteiger partial charge in [0.2, 0.25) is 0 Å². The standard InChI is InChI=1S/C9H12N4O/c10-6-13(12-11)8-3-1-2-7(4-8)9-5-14-9/h1-4,6,9-10,12H,5,11H2/t9-/m1/s1. The van der Waals surface area contributed by atoms with Crippen LogP contribution in [0.1, 0.15) is 11.7 Å². The highest BCUT2D eigenvalue weighted by molar-refractivity contribution is 5.75. The molecule has 0 saturated carbocycles. The Kier molecular flexibility index (Phi) is 2.45. The molecule has 5 heteroatoms. The minimum Gasteiger partial charge on any atom is -0.368 e. The third-order valence-corrected chi connectivity index (χ3v) is 2.12. The van der Waals surface area contributed by atoms with Crippen LogP contribution in [0.4, 0.5) is 5.69 Å². The quantitative estimate of drug-likeness (QED) is 0.214. The lowest BCUT2D eigenvalue weighted by Crippen LogP contribution is -2.41. The van der Waals surface area contributed by atoms with Gasteiger partial charge in [0.25, 0.3) is 0 Å². The molecule has 0 spiro atoms. The number of benzene rings is 1. The van der Waals surface area contributed by atoms with Gasteiger partial charge in [-0.05, 0) is 17.7 Å². The number of epoxide rings is 1. The van der Waals surface area contributed by atoms with Crippen LogP contribution < -0.4 is 16.4 Å². The highest BCUT2D eigenvalue weighted by Crippen LogP contribution is 2.31. The van der Waals surface area contributed by atoms with Gasteiger partial charge in [0, 0.05) is 0 Å². The molecule has 1 aliphatic heterocycles. The molecular formula is C9H12N4O. The number of hydrogen-bond acceptors (Lipinski definition) is 4. The van der Waals surface area contributed by atoms with E-state index in [1.807, 2.05) is 24.3 Å². The number of hydrogen-bond donors (Lipinski definition) is 3. The van der Waals surface area contributed by atoms with E-state index in [1.165, 1.54) is 5.01 Å². The molecule has 1 aromatic carbocycles. The molecule has 5 nitrogen and oxygen atoms in total. The molecule has 0 amide bonds. The normalized spacial score (nSPS) is 19.1. The van der Waals surface area contributed by atoms with Gasteiger partial charge in [0.05, 0.1) is 12.3 Å². The van der Waals surface area contributed by atoms with Gasteiger partial charge in [-0.2, -0.15) is 5.53 Å². The zero-order valence-electron chi connectivity index (χ0n) is 7.60. The fourth-order valence-corrected chi connectivity index (χ4v) is 1.30. The zero-order valence-corrected chi connectivity index (χ0v) is 7.60. The van der Waals surface area contributed by atoms with Gasteiger partial charge < -0.3 is 4.74 Å². The van der Waals surface area contributed by atoms with Gasteiger partial charge in [-0.1, -0.05) is 12.1 Å². The first-order chi connectivity index (χ1) is 6.85. The summed E-state index contributed by atoms with van der Waals surface area (Å²) in [5.74, 6) is 5.25. The summed E-state index contributed by atoms with van der Waals surface area (Å²) in [6, 6.07) is 7.74. The molecule has 74 valence electrons. The molecule has 1 atom stereocenters. The largest absolute Gasteiger partial charge is 0.368 e. The van der Waals surface area contributed by atoms with E-state index < -0.39 is 0 Å². The lowest BCUT2D eigenvalue weighted by Gasteiger charge is -2.16. The first kappa shape index (κ1) is 9.14. The summed E-state index contributed by atoms with van der Waals surface area (Å²) in [5.41, 5.74) is 4.35. The van der Waals surface area contributed by atoms with Crippen LogP contribution >= 0.6 is 0 Å². The molecule has 1 aromatic rings. The predicted octanol–water partition coefficient (Wildman–Crippen LogP) is 0.550. The summed E-state index contributed by atoms with van der Waals surface area (Å²) in [5, 5.41) is 8.54. The molecule has 1 saturated heterocycles. The summed E-state index contributed by atoms with van der Waals surface area (Å²) in [4.78, 5) is 0. The molecule has 1 aliphatic rings. The first-order valence-electron chi connectivity index (χ1n) is 4.33. The maximum absolute atomic E-state index is 7.12. The maximum atomic E-state index is 7.12. The molecule has 0 radical (unpaired) electrons. The second kappa shape index (κ2) is 3.75. The van der Waals surface area contributed by atoms with Crippen LogP contribution in [-0.2, 0) is 4.74 Å². The van der Waals surface area contributed by atoms with Crippen LogP contribution in [0.3, 0.4) is 0 Å². The fourth-order valence-electron chi connectivity index (χ4n) is 1.30. The minimum absolute atomic E-state index is 0.223. The third-order valence-electron chi connectivity index (χ3n) is 2.12. The van der Waals surface area contributed by atoms with Gasteiger partial charge in [-0.3, -0.25) is 16.3 Å². The Balaban J connectivity index is 2.23. The van der Waals surface area contributed by atoms with Crippen molar-refractivity contribution >= 4 is 12.0 Å². The van der Waals surface area contributed by atoms with E-state index in [2.05, 4.69) is 5.53 Å². The van der Waals surface area contributed by atoms with E-state index >= 15 is 0 Å². The molecule has 1 heterocycles. The average molecular weight is 192 g/mol. The Bertz CT molecular complexity index is 337. The van der Waals surface area contributed by atoms with Gasteiger partial charge >= 0.3 is 0 Å². The molecule has 0 aliphatic carbocycles. The second-order valence-electron chi connectivity index (χ2n) is 3.05. The summed E-state index contributed by atoms with van der Waals surface area (Å²) >= 11 is 0. The number of nitrogens with zero attached hydrogens (tertiary/aromatic N) is 1. The number of nitrogens with two attached hydrogens (primary N) is 1. The number of rotatable bonds is 4. The molecule has 0 bridgehead atoms. The van der Waals surface area contributed by atoms with Crippen molar-refractivity contribution in [2.45, 2.75) is 6.10 Å². The number of hydrazine groups is 2. The van der Waals surface area contributed by atoms with E-state index in [0.29, 0.717) is 0 Å². The van der Waals surface area contributed by atoms with E-state index in [9.17, 15) is 0 Å². The van der Waals surface area contributed by atoms with Crippen molar-refractivity contribution in [2.75, 3.05) is 11.6 Å². The van der Waals surface area contributed by atoms with Crippen LogP contribution in [0.25, 0.3) is 0 Å². The number of anilines is 1. The van der Waals surface area contributed by atoms with Crippen LogP contribution in [0.2, 0.25) is 0 Å². The zero-order chi connectivity index (χ0) is 9.97. The van der Waals surface area contributed by atoms with Crippen LogP contribution in [0.5, 0.6) is 0 Å². The Morgan fingerprint density at radius 3 is 3.00 bits per heavy atom. The molecule has 14 heavy (non-hydrogen) atoms. The molecule has 2 rings (SSSR count). The lowest BCUT2D eigenvalue weighted by atomic mass is 10.1. The summed E-state index contributed by atoms with van der Waals surface area (Å²) in [6.45, 7) is 0.782. The number of ether oxygens (including phenoxy) is 1.